The second-order valence-electron chi connectivity index (χ2n) is 12.7. The fraction of sp³-hybridized carbons (Fsp3) is 0.971. The van der Waals surface area contributed by atoms with Gasteiger partial charge in [-0.2, -0.15) is 0 Å². The topological polar surface area (TPSA) is 69.6 Å². The Labute approximate surface area is 244 Å². The summed E-state index contributed by atoms with van der Waals surface area (Å²) < 4.78 is 0. The Bertz CT molecular complexity index is 512. The number of carbonyl (C=O) groups excluding carboxylic acids is 1. The SMILES string of the molecule is CCCCCCCCCCCCCCCC(=O)NC(C)(CO)[C@H](O)CCCCCCCCCCCCCCC. The van der Waals surface area contributed by atoms with E-state index in [-0.39, 0.29) is 12.5 Å². The summed E-state index contributed by atoms with van der Waals surface area (Å²) in [5.41, 5.74) is -0.940. The van der Waals surface area contributed by atoms with Gasteiger partial charge >= 0.3 is 0 Å². The smallest absolute Gasteiger partial charge is 0.220 e. The molecule has 0 aromatic heterocycles. The molecule has 0 radical (unpaired) electrons. The molecule has 0 aliphatic heterocycles. The summed E-state index contributed by atoms with van der Waals surface area (Å²) in [6.07, 6.45) is 34.1. The quantitative estimate of drug-likeness (QED) is 0.0748. The first-order chi connectivity index (χ1) is 19.0. The summed E-state index contributed by atoms with van der Waals surface area (Å²) in [4.78, 5) is 12.5. The summed E-state index contributed by atoms with van der Waals surface area (Å²) in [5.74, 6) is -0.0426. The molecule has 0 spiro atoms. The normalized spacial score (nSPS) is 13.9. The molecule has 0 saturated carbocycles. The lowest BCUT2D eigenvalue weighted by molar-refractivity contribution is -0.125. The zero-order chi connectivity index (χ0) is 28.9. The molecule has 0 heterocycles. The van der Waals surface area contributed by atoms with Crippen molar-refractivity contribution in [3.05, 3.63) is 0 Å². The summed E-state index contributed by atoms with van der Waals surface area (Å²) in [5, 5.41) is 23.6. The fourth-order valence-electron chi connectivity index (χ4n) is 5.59. The molecule has 234 valence electrons. The van der Waals surface area contributed by atoms with Crippen molar-refractivity contribution in [2.75, 3.05) is 6.61 Å². The van der Waals surface area contributed by atoms with E-state index < -0.39 is 11.6 Å². The molecule has 0 bridgehead atoms. The zero-order valence-electron chi connectivity index (χ0n) is 26.9. The minimum Gasteiger partial charge on any atom is -0.394 e. The number of amides is 1. The molecule has 39 heavy (non-hydrogen) atoms. The van der Waals surface area contributed by atoms with Crippen LogP contribution in [0.25, 0.3) is 0 Å². The van der Waals surface area contributed by atoms with Crippen molar-refractivity contribution in [2.45, 2.75) is 212 Å². The van der Waals surface area contributed by atoms with Crippen LogP contribution >= 0.6 is 0 Å². The molecule has 4 heteroatoms. The highest BCUT2D eigenvalue weighted by Crippen LogP contribution is 2.19. The average molecular weight is 554 g/mol. The summed E-state index contributed by atoms with van der Waals surface area (Å²) in [7, 11) is 0. The van der Waals surface area contributed by atoms with E-state index in [1.54, 1.807) is 6.92 Å². The molecule has 1 unspecified atom stereocenters. The van der Waals surface area contributed by atoms with Gasteiger partial charge in [-0.3, -0.25) is 4.79 Å². The van der Waals surface area contributed by atoms with Crippen molar-refractivity contribution in [3.8, 4) is 0 Å². The van der Waals surface area contributed by atoms with Crippen LogP contribution in [-0.2, 0) is 4.79 Å². The second kappa shape index (κ2) is 28.9. The van der Waals surface area contributed by atoms with Gasteiger partial charge in [0.25, 0.3) is 0 Å². The number of hydrogen-bond acceptors (Lipinski definition) is 3. The highest BCUT2D eigenvalue weighted by atomic mass is 16.3. The van der Waals surface area contributed by atoms with Crippen LogP contribution in [0.3, 0.4) is 0 Å². The first-order valence-electron chi connectivity index (χ1n) is 17.6. The van der Waals surface area contributed by atoms with Gasteiger partial charge in [-0.05, 0) is 19.8 Å². The predicted molar refractivity (Wildman–Crippen MR) is 170 cm³/mol. The first kappa shape index (κ1) is 38.4. The van der Waals surface area contributed by atoms with Crippen molar-refractivity contribution in [2.24, 2.45) is 0 Å². The third-order valence-corrected chi connectivity index (χ3v) is 8.58. The lowest BCUT2D eigenvalue weighted by Gasteiger charge is -2.34. The van der Waals surface area contributed by atoms with Crippen LogP contribution in [0.5, 0.6) is 0 Å². The maximum absolute atomic E-state index is 12.5. The number of hydrogen-bond donors (Lipinski definition) is 3. The van der Waals surface area contributed by atoms with Crippen LogP contribution < -0.4 is 5.32 Å². The molecule has 0 aliphatic rings. The minimum absolute atomic E-state index is 0.0426. The molecule has 3 N–H and O–H groups in total. The van der Waals surface area contributed by atoms with E-state index in [1.165, 1.54) is 141 Å². The number of rotatable bonds is 31. The summed E-state index contributed by atoms with van der Waals surface area (Å²) in [6.45, 7) is 6.09. The van der Waals surface area contributed by atoms with Gasteiger partial charge in [0.15, 0.2) is 0 Å². The van der Waals surface area contributed by atoms with Crippen LogP contribution in [0.15, 0.2) is 0 Å². The Morgan fingerprint density at radius 1 is 0.564 bits per heavy atom. The Kier molecular flexibility index (Phi) is 28.4. The van der Waals surface area contributed by atoms with Gasteiger partial charge in [0, 0.05) is 6.42 Å². The van der Waals surface area contributed by atoms with E-state index in [2.05, 4.69) is 19.2 Å². The number of carbonyl (C=O) groups is 1. The van der Waals surface area contributed by atoms with Gasteiger partial charge in [0.1, 0.15) is 0 Å². The molecule has 0 fully saturated rings. The molecular weight excluding hydrogens is 482 g/mol. The maximum Gasteiger partial charge on any atom is 0.220 e. The van der Waals surface area contributed by atoms with Crippen molar-refractivity contribution in [3.63, 3.8) is 0 Å². The second-order valence-corrected chi connectivity index (χ2v) is 12.7. The Balaban J connectivity index is 3.70. The van der Waals surface area contributed by atoms with Crippen LogP contribution in [0.4, 0.5) is 0 Å². The van der Waals surface area contributed by atoms with E-state index in [1.807, 2.05) is 0 Å². The Hall–Kier alpha value is -0.610. The number of aliphatic hydroxyl groups excluding tert-OH is 2. The highest BCUT2D eigenvalue weighted by molar-refractivity contribution is 5.76. The van der Waals surface area contributed by atoms with E-state index >= 15 is 0 Å². The minimum atomic E-state index is -0.940. The third kappa shape index (κ3) is 24.9. The maximum atomic E-state index is 12.5. The average Bonchev–Trinajstić information content (AvgIpc) is 2.93. The van der Waals surface area contributed by atoms with Crippen LogP contribution in [0.1, 0.15) is 201 Å². The van der Waals surface area contributed by atoms with Gasteiger partial charge in [-0.15, -0.1) is 0 Å². The lowest BCUT2D eigenvalue weighted by atomic mass is 9.90. The molecule has 0 aliphatic carbocycles. The number of nitrogens with one attached hydrogen (secondary N) is 1. The van der Waals surface area contributed by atoms with Gasteiger partial charge in [0.2, 0.25) is 5.91 Å². The molecular formula is C35H71NO3. The van der Waals surface area contributed by atoms with Gasteiger partial charge in [-0.1, -0.05) is 174 Å². The van der Waals surface area contributed by atoms with Crippen LogP contribution in [-0.4, -0.2) is 34.4 Å². The van der Waals surface area contributed by atoms with Crippen molar-refractivity contribution in [1.29, 1.82) is 0 Å². The van der Waals surface area contributed by atoms with Gasteiger partial charge in [0.05, 0.1) is 18.2 Å². The van der Waals surface area contributed by atoms with Gasteiger partial charge in [-0.25, -0.2) is 0 Å². The number of unbranched alkanes of at least 4 members (excludes halogenated alkanes) is 24. The van der Waals surface area contributed by atoms with E-state index in [0.717, 1.165) is 25.7 Å². The molecule has 1 amide bonds. The van der Waals surface area contributed by atoms with Crippen LogP contribution in [0.2, 0.25) is 0 Å². The highest BCUT2D eigenvalue weighted by Gasteiger charge is 2.33. The molecule has 2 atom stereocenters. The van der Waals surface area contributed by atoms with Crippen molar-refractivity contribution >= 4 is 5.91 Å². The number of aliphatic hydroxyl groups is 2. The Morgan fingerprint density at radius 2 is 0.872 bits per heavy atom. The fourth-order valence-corrected chi connectivity index (χ4v) is 5.59. The van der Waals surface area contributed by atoms with Gasteiger partial charge < -0.3 is 15.5 Å². The molecule has 0 aromatic rings. The summed E-state index contributed by atoms with van der Waals surface area (Å²) >= 11 is 0. The molecule has 0 aromatic carbocycles. The van der Waals surface area contributed by atoms with Crippen LogP contribution in [0, 0.1) is 0 Å². The Morgan fingerprint density at radius 3 is 1.21 bits per heavy atom. The van der Waals surface area contributed by atoms with E-state index in [4.69, 9.17) is 0 Å². The molecule has 0 rings (SSSR count). The predicted octanol–water partition coefficient (Wildman–Crippen LogP) is 10.2. The monoisotopic (exact) mass is 554 g/mol. The lowest BCUT2D eigenvalue weighted by Crippen LogP contribution is -2.57. The largest absolute Gasteiger partial charge is 0.394 e. The van der Waals surface area contributed by atoms with Crippen molar-refractivity contribution < 1.29 is 15.0 Å². The van der Waals surface area contributed by atoms with E-state index in [9.17, 15) is 15.0 Å². The summed E-state index contributed by atoms with van der Waals surface area (Å²) in [6, 6.07) is 0. The van der Waals surface area contributed by atoms with E-state index in [0.29, 0.717) is 12.8 Å². The molecule has 4 nitrogen and oxygen atoms in total. The third-order valence-electron chi connectivity index (χ3n) is 8.58. The zero-order valence-corrected chi connectivity index (χ0v) is 26.9. The standard InChI is InChI=1S/C35H71NO3/c1-4-6-8-10-12-14-16-18-20-22-24-26-28-30-33(38)35(3,32-37)36-34(39)31-29-27-25-23-21-19-17-15-13-11-9-7-5-2/h33,37-38H,4-32H2,1-3H3,(H,36,39)/t33-,35?/m1/s1. The molecule has 0 saturated heterocycles. The van der Waals surface area contributed by atoms with Crippen molar-refractivity contribution in [1.82, 2.24) is 5.32 Å². The first-order valence-corrected chi connectivity index (χ1v) is 17.6.